The molecule has 2 fully saturated rings. The van der Waals surface area contributed by atoms with Gasteiger partial charge in [0.1, 0.15) is 9.84 Å². The molecule has 0 aromatic rings. The molecule has 0 heterocycles. The molecule has 112 valence electrons. The van der Waals surface area contributed by atoms with Crippen LogP contribution < -0.4 is 5.32 Å². The smallest absolute Gasteiger partial charge is 0.150 e. The Morgan fingerprint density at radius 3 is 2.32 bits per heavy atom. The van der Waals surface area contributed by atoms with E-state index in [4.69, 9.17) is 0 Å². The first-order valence-corrected chi connectivity index (χ1v) is 9.87. The van der Waals surface area contributed by atoms with Gasteiger partial charge in [-0.2, -0.15) is 0 Å². The van der Waals surface area contributed by atoms with E-state index in [2.05, 4.69) is 12.2 Å². The lowest BCUT2D eigenvalue weighted by Crippen LogP contribution is -2.45. The minimum atomic E-state index is -2.86. The summed E-state index contributed by atoms with van der Waals surface area (Å²) in [5.41, 5.74) is 0. The second-order valence-corrected chi connectivity index (χ2v) is 8.99. The molecular formula is C15H29NO2S. The van der Waals surface area contributed by atoms with E-state index in [1.165, 1.54) is 38.4 Å². The maximum Gasteiger partial charge on any atom is 0.150 e. The van der Waals surface area contributed by atoms with Crippen LogP contribution in [-0.4, -0.2) is 32.0 Å². The molecule has 0 spiro atoms. The van der Waals surface area contributed by atoms with Crippen molar-refractivity contribution in [1.82, 2.24) is 5.32 Å². The van der Waals surface area contributed by atoms with Gasteiger partial charge in [0.2, 0.25) is 0 Å². The second kappa shape index (κ2) is 6.57. The summed E-state index contributed by atoms with van der Waals surface area (Å²) in [6, 6.07) is 0.953. The highest BCUT2D eigenvalue weighted by Crippen LogP contribution is 2.29. The lowest BCUT2D eigenvalue weighted by atomic mass is 9.83. The van der Waals surface area contributed by atoms with Gasteiger partial charge >= 0.3 is 0 Å². The molecule has 2 saturated carbocycles. The molecular weight excluding hydrogens is 258 g/mol. The zero-order valence-electron chi connectivity index (χ0n) is 12.4. The molecule has 3 unspecified atom stereocenters. The van der Waals surface area contributed by atoms with E-state index in [0.717, 1.165) is 31.6 Å². The van der Waals surface area contributed by atoms with Crippen LogP contribution in [0.2, 0.25) is 0 Å². The third-order valence-electron chi connectivity index (χ3n) is 5.09. The molecule has 0 bridgehead atoms. The normalized spacial score (nSPS) is 32.1. The van der Waals surface area contributed by atoms with Gasteiger partial charge in [-0.3, -0.25) is 0 Å². The Morgan fingerprint density at radius 2 is 1.68 bits per heavy atom. The number of rotatable bonds is 4. The van der Waals surface area contributed by atoms with Crippen LogP contribution in [0.3, 0.4) is 0 Å². The minimum absolute atomic E-state index is 0.114. The van der Waals surface area contributed by atoms with Crippen LogP contribution in [0.5, 0.6) is 0 Å². The van der Waals surface area contributed by atoms with Crippen molar-refractivity contribution in [2.75, 3.05) is 6.26 Å². The zero-order valence-corrected chi connectivity index (χ0v) is 13.2. The van der Waals surface area contributed by atoms with Gasteiger partial charge in [0.05, 0.1) is 5.25 Å². The van der Waals surface area contributed by atoms with E-state index in [0.29, 0.717) is 12.1 Å². The molecule has 0 amide bonds. The maximum atomic E-state index is 11.7. The van der Waals surface area contributed by atoms with Crippen LogP contribution >= 0.6 is 0 Å². The Bertz CT molecular complexity index is 374. The Labute approximate surface area is 118 Å². The predicted molar refractivity (Wildman–Crippen MR) is 80.1 cm³/mol. The van der Waals surface area contributed by atoms with Crippen molar-refractivity contribution in [3.05, 3.63) is 0 Å². The molecule has 0 aromatic carbocycles. The molecule has 3 atom stereocenters. The topological polar surface area (TPSA) is 46.2 Å². The van der Waals surface area contributed by atoms with Gasteiger partial charge in [-0.15, -0.1) is 0 Å². The fraction of sp³-hybridized carbons (Fsp3) is 1.00. The number of sulfone groups is 1. The van der Waals surface area contributed by atoms with E-state index in [-0.39, 0.29) is 5.25 Å². The molecule has 1 N–H and O–H groups in total. The van der Waals surface area contributed by atoms with Crippen LogP contribution in [0, 0.1) is 5.92 Å². The van der Waals surface area contributed by atoms with Gasteiger partial charge in [0, 0.05) is 18.3 Å². The first-order valence-electron chi connectivity index (χ1n) is 7.91. The molecule has 4 heteroatoms. The highest BCUT2D eigenvalue weighted by Gasteiger charge is 2.30. The first-order chi connectivity index (χ1) is 8.97. The van der Waals surface area contributed by atoms with Crippen LogP contribution in [0.1, 0.15) is 64.7 Å². The van der Waals surface area contributed by atoms with Gasteiger partial charge in [0.15, 0.2) is 0 Å². The molecule has 19 heavy (non-hydrogen) atoms. The van der Waals surface area contributed by atoms with Crippen molar-refractivity contribution in [3.63, 3.8) is 0 Å². The van der Waals surface area contributed by atoms with Crippen molar-refractivity contribution < 1.29 is 8.42 Å². The van der Waals surface area contributed by atoms with Crippen molar-refractivity contribution in [1.29, 1.82) is 0 Å². The Hall–Kier alpha value is -0.0900. The molecule has 2 aliphatic rings. The van der Waals surface area contributed by atoms with E-state index < -0.39 is 9.84 Å². The van der Waals surface area contributed by atoms with E-state index in [9.17, 15) is 8.42 Å². The maximum absolute atomic E-state index is 11.7. The Kier molecular flexibility index (Phi) is 5.29. The molecule has 0 saturated heterocycles. The quantitative estimate of drug-likeness (QED) is 0.865. The summed E-state index contributed by atoms with van der Waals surface area (Å²) in [5, 5.41) is 3.61. The molecule has 2 rings (SSSR count). The van der Waals surface area contributed by atoms with Crippen LogP contribution in [-0.2, 0) is 9.84 Å². The van der Waals surface area contributed by atoms with Gasteiger partial charge in [-0.1, -0.05) is 25.7 Å². The van der Waals surface area contributed by atoms with Gasteiger partial charge in [-0.05, 0) is 44.9 Å². The van der Waals surface area contributed by atoms with Crippen LogP contribution in [0.15, 0.2) is 0 Å². The van der Waals surface area contributed by atoms with Crippen LogP contribution in [0.25, 0.3) is 0 Å². The van der Waals surface area contributed by atoms with Crippen molar-refractivity contribution in [2.45, 2.75) is 82.0 Å². The highest BCUT2D eigenvalue weighted by molar-refractivity contribution is 7.91. The summed E-state index contributed by atoms with van der Waals surface area (Å²) >= 11 is 0. The van der Waals surface area contributed by atoms with Gasteiger partial charge in [-0.25, -0.2) is 8.42 Å². The Morgan fingerprint density at radius 1 is 1.00 bits per heavy atom. The fourth-order valence-corrected chi connectivity index (χ4v) is 5.00. The summed E-state index contributed by atoms with van der Waals surface area (Å²) in [5.74, 6) is 0.798. The SMILES string of the molecule is CC(NC1CCCC(S(C)(=O)=O)C1)C1CCCCC1. The van der Waals surface area contributed by atoms with Crippen LogP contribution in [0.4, 0.5) is 0 Å². The predicted octanol–water partition coefficient (Wildman–Crippen LogP) is 2.90. The van der Waals surface area contributed by atoms with Crippen molar-refractivity contribution in [2.24, 2.45) is 5.92 Å². The average Bonchev–Trinajstić information content (AvgIpc) is 2.39. The molecule has 3 nitrogen and oxygen atoms in total. The molecule has 2 aliphatic carbocycles. The van der Waals surface area contributed by atoms with E-state index in [1.807, 2.05) is 0 Å². The molecule has 0 aliphatic heterocycles. The zero-order chi connectivity index (χ0) is 13.9. The van der Waals surface area contributed by atoms with E-state index >= 15 is 0 Å². The van der Waals surface area contributed by atoms with E-state index in [1.54, 1.807) is 0 Å². The third kappa shape index (κ3) is 4.45. The monoisotopic (exact) mass is 287 g/mol. The summed E-state index contributed by atoms with van der Waals surface area (Å²) < 4.78 is 23.4. The number of hydrogen-bond donors (Lipinski definition) is 1. The minimum Gasteiger partial charge on any atom is -0.311 e. The van der Waals surface area contributed by atoms with Gasteiger partial charge < -0.3 is 5.32 Å². The lowest BCUT2D eigenvalue weighted by Gasteiger charge is -2.35. The van der Waals surface area contributed by atoms with Gasteiger partial charge in [0.25, 0.3) is 0 Å². The lowest BCUT2D eigenvalue weighted by molar-refractivity contribution is 0.244. The summed E-state index contributed by atoms with van der Waals surface area (Å²) in [6.45, 7) is 2.29. The standard InChI is InChI=1S/C15H29NO2S/c1-12(13-7-4-3-5-8-13)16-14-9-6-10-15(11-14)19(2,17)18/h12-16H,3-11H2,1-2H3. The number of hydrogen-bond acceptors (Lipinski definition) is 3. The Balaban J connectivity index is 1.84. The number of nitrogens with one attached hydrogen (secondary N) is 1. The summed E-state index contributed by atoms with van der Waals surface area (Å²) in [7, 11) is -2.86. The largest absolute Gasteiger partial charge is 0.311 e. The third-order valence-corrected chi connectivity index (χ3v) is 6.73. The second-order valence-electron chi connectivity index (χ2n) is 6.67. The summed E-state index contributed by atoms with van der Waals surface area (Å²) in [6.07, 6.45) is 12.1. The van der Waals surface area contributed by atoms with Crippen molar-refractivity contribution in [3.8, 4) is 0 Å². The summed E-state index contributed by atoms with van der Waals surface area (Å²) in [4.78, 5) is 0. The first kappa shape index (κ1) is 15.3. The average molecular weight is 287 g/mol. The van der Waals surface area contributed by atoms with Crippen molar-refractivity contribution >= 4 is 9.84 Å². The fourth-order valence-electron chi connectivity index (χ4n) is 3.83. The highest BCUT2D eigenvalue weighted by atomic mass is 32.2. The molecule has 0 radical (unpaired) electrons. The molecule has 0 aromatic heterocycles.